The summed E-state index contributed by atoms with van der Waals surface area (Å²) in [4.78, 5) is 7.15. The molecular formula is C10H12N2S2. The van der Waals surface area contributed by atoms with Crippen LogP contribution >= 0.6 is 22.7 Å². The molecule has 0 spiro atoms. The van der Waals surface area contributed by atoms with E-state index in [-0.39, 0.29) is 0 Å². The molecule has 4 heteroatoms. The van der Waals surface area contributed by atoms with Gasteiger partial charge in [0.2, 0.25) is 0 Å². The maximum Gasteiger partial charge on any atom is 0.107 e. The zero-order valence-electron chi connectivity index (χ0n) is 8.20. The van der Waals surface area contributed by atoms with Crippen molar-refractivity contribution in [3.63, 3.8) is 0 Å². The van der Waals surface area contributed by atoms with E-state index in [1.807, 2.05) is 7.05 Å². The first kappa shape index (κ1) is 9.83. The van der Waals surface area contributed by atoms with Gasteiger partial charge < -0.3 is 5.32 Å². The molecule has 0 aliphatic heterocycles. The minimum atomic E-state index is 0.858. The van der Waals surface area contributed by atoms with Crippen LogP contribution in [0.5, 0.6) is 0 Å². The van der Waals surface area contributed by atoms with E-state index in [0.717, 1.165) is 17.2 Å². The standard InChI is InChI=1S/C10H12N2S2/c1-7-10(8-4-3-5-13-8)14-9(12-7)6-11-2/h3-5,11H,6H2,1-2H3. The number of nitrogens with zero attached hydrogens (tertiary/aromatic N) is 1. The van der Waals surface area contributed by atoms with Crippen molar-refractivity contribution in [3.8, 4) is 9.75 Å². The first-order chi connectivity index (χ1) is 6.81. The maximum atomic E-state index is 4.52. The van der Waals surface area contributed by atoms with Gasteiger partial charge in [0.15, 0.2) is 0 Å². The molecule has 2 rings (SSSR count). The van der Waals surface area contributed by atoms with Gasteiger partial charge in [0.1, 0.15) is 5.01 Å². The predicted molar refractivity (Wildman–Crippen MR) is 62.9 cm³/mol. The molecule has 0 aliphatic rings. The van der Waals surface area contributed by atoms with Crippen molar-refractivity contribution < 1.29 is 0 Å². The van der Waals surface area contributed by atoms with Gasteiger partial charge in [0.25, 0.3) is 0 Å². The van der Waals surface area contributed by atoms with Crippen LogP contribution in [0.25, 0.3) is 9.75 Å². The fraction of sp³-hybridized carbons (Fsp3) is 0.300. The van der Waals surface area contributed by atoms with Crippen molar-refractivity contribution >= 4 is 22.7 Å². The zero-order valence-corrected chi connectivity index (χ0v) is 9.84. The molecule has 2 aromatic rings. The number of thiazole rings is 1. The van der Waals surface area contributed by atoms with Crippen molar-refractivity contribution in [2.75, 3.05) is 7.05 Å². The highest BCUT2D eigenvalue weighted by atomic mass is 32.1. The Morgan fingerprint density at radius 1 is 1.50 bits per heavy atom. The number of nitrogens with one attached hydrogen (secondary N) is 1. The minimum absolute atomic E-state index is 0.858. The zero-order chi connectivity index (χ0) is 9.97. The summed E-state index contributed by atoms with van der Waals surface area (Å²) < 4.78 is 0. The molecule has 0 radical (unpaired) electrons. The van der Waals surface area contributed by atoms with E-state index in [2.05, 4.69) is 34.7 Å². The Morgan fingerprint density at radius 3 is 3.00 bits per heavy atom. The number of aryl methyl sites for hydroxylation is 1. The second kappa shape index (κ2) is 4.21. The SMILES string of the molecule is CNCc1nc(C)c(-c2cccs2)s1. The van der Waals surface area contributed by atoms with Crippen molar-refractivity contribution in [1.82, 2.24) is 10.3 Å². The third kappa shape index (κ3) is 1.87. The van der Waals surface area contributed by atoms with Gasteiger partial charge in [0, 0.05) is 11.4 Å². The summed E-state index contributed by atoms with van der Waals surface area (Å²) in [7, 11) is 1.95. The largest absolute Gasteiger partial charge is 0.314 e. The number of aromatic nitrogens is 1. The Hall–Kier alpha value is -0.710. The lowest BCUT2D eigenvalue weighted by Gasteiger charge is -1.90. The van der Waals surface area contributed by atoms with Gasteiger partial charge in [-0.25, -0.2) is 4.98 Å². The number of hydrogen-bond donors (Lipinski definition) is 1. The monoisotopic (exact) mass is 224 g/mol. The van der Waals surface area contributed by atoms with Gasteiger partial charge in [-0.15, -0.1) is 22.7 Å². The Bertz CT molecular complexity index is 404. The molecule has 2 nitrogen and oxygen atoms in total. The van der Waals surface area contributed by atoms with Crippen molar-refractivity contribution in [2.24, 2.45) is 0 Å². The Labute approximate surface area is 91.6 Å². The van der Waals surface area contributed by atoms with Crippen molar-refractivity contribution in [3.05, 3.63) is 28.2 Å². The lowest BCUT2D eigenvalue weighted by Crippen LogP contribution is -2.04. The van der Waals surface area contributed by atoms with Crippen molar-refractivity contribution in [1.29, 1.82) is 0 Å². The molecule has 0 saturated heterocycles. The van der Waals surface area contributed by atoms with Crippen LogP contribution in [0, 0.1) is 6.92 Å². The quantitative estimate of drug-likeness (QED) is 0.867. The summed E-state index contributed by atoms with van der Waals surface area (Å²) in [6.45, 7) is 2.93. The molecule has 0 amide bonds. The Morgan fingerprint density at radius 2 is 2.36 bits per heavy atom. The van der Waals surface area contributed by atoms with E-state index in [4.69, 9.17) is 0 Å². The molecule has 0 saturated carbocycles. The van der Waals surface area contributed by atoms with Crippen molar-refractivity contribution in [2.45, 2.75) is 13.5 Å². The third-order valence-electron chi connectivity index (χ3n) is 1.91. The molecule has 0 aromatic carbocycles. The number of hydrogen-bond acceptors (Lipinski definition) is 4. The fourth-order valence-corrected chi connectivity index (χ4v) is 3.30. The summed E-state index contributed by atoms with van der Waals surface area (Å²) in [6, 6.07) is 4.23. The topological polar surface area (TPSA) is 24.9 Å². The van der Waals surface area contributed by atoms with Crippen LogP contribution in [0.3, 0.4) is 0 Å². The normalized spacial score (nSPS) is 10.7. The molecule has 0 bridgehead atoms. The van der Waals surface area contributed by atoms with Gasteiger partial charge in [0.05, 0.1) is 10.6 Å². The molecule has 74 valence electrons. The average Bonchev–Trinajstić information content (AvgIpc) is 2.74. The van der Waals surface area contributed by atoms with Crippen LogP contribution in [0.1, 0.15) is 10.7 Å². The third-order valence-corrected chi connectivity index (χ3v) is 4.12. The maximum absolute atomic E-state index is 4.52. The number of thiophene rings is 1. The second-order valence-corrected chi connectivity index (χ2v) is 5.06. The van der Waals surface area contributed by atoms with Gasteiger partial charge in [-0.3, -0.25) is 0 Å². The van der Waals surface area contributed by atoms with Crippen LogP contribution in [-0.2, 0) is 6.54 Å². The van der Waals surface area contributed by atoms with E-state index in [1.54, 1.807) is 22.7 Å². The van der Waals surface area contributed by atoms with Gasteiger partial charge in [-0.2, -0.15) is 0 Å². The van der Waals surface area contributed by atoms with Crippen LogP contribution in [0.15, 0.2) is 17.5 Å². The molecule has 1 N–H and O–H groups in total. The molecule has 0 fully saturated rings. The highest BCUT2D eigenvalue weighted by molar-refractivity contribution is 7.21. The van der Waals surface area contributed by atoms with Gasteiger partial charge in [-0.1, -0.05) is 6.07 Å². The summed E-state index contributed by atoms with van der Waals surface area (Å²) in [6.07, 6.45) is 0. The first-order valence-corrected chi connectivity index (χ1v) is 6.15. The van der Waals surface area contributed by atoms with Crippen LogP contribution in [0.4, 0.5) is 0 Å². The lowest BCUT2D eigenvalue weighted by molar-refractivity contribution is 0.807. The smallest absolute Gasteiger partial charge is 0.107 e. The highest BCUT2D eigenvalue weighted by Crippen LogP contribution is 2.32. The first-order valence-electron chi connectivity index (χ1n) is 4.46. The summed E-state index contributed by atoms with van der Waals surface area (Å²) in [5, 5.41) is 6.39. The lowest BCUT2D eigenvalue weighted by atomic mass is 10.3. The minimum Gasteiger partial charge on any atom is -0.314 e. The Kier molecular flexibility index (Phi) is 2.96. The van der Waals surface area contributed by atoms with Crippen LogP contribution in [-0.4, -0.2) is 12.0 Å². The summed E-state index contributed by atoms with van der Waals surface area (Å²) in [5.74, 6) is 0. The molecule has 0 aliphatic carbocycles. The fourth-order valence-electron chi connectivity index (χ4n) is 1.32. The van der Waals surface area contributed by atoms with E-state index in [0.29, 0.717) is 0 Å². The molecule has 14 heavy (non-hydrogen) atoms. The van der Waals surface area contributed by atoms with E-state index in [1.165, 1.54) is 9.75 Å². The second-order valence-electron chi connectivity index (χ2n) is 3.03. The number of rotatable bonds is 3. The Balaban J connectivity index is 2.35. The summed E-state index contributed by atoms with van der Waals surface area (Å²) >= 11 is 3.55. The van der Waals surface area contributed by atoms with E-state index >= 15 is 0 Å². The van der Waals surface area contributed by atoms with E-state index in [9.17, 15) is 0 Å². The highest BCUT2D eigenvalue weighted by Gasteiger charge is 2.09. The average molecular weight is 224 g/mol. The molecule has 2 heterocycles. The summed E-state index contributed by atoms with van der Waals surface area (Å²) in [5.41, 5.74) is 1.14. The molecule has 2 aromatic heterocycles. The molecule has 0 unspecified atom stereocenters. The molecular weight excluding hydrogens is 212 g/mol. The molecule has 0 atom stereocenters. The van der Waals surface area contributed by atoms with Gasteiger partial charge >= 0.3 is 0 Å². The van der Waals surface area contributed by atoms with Gasteiger partial charge in [-0.05, 0) is 25.4 Å². The van der Waals surface area contributed by atoms with Crippen LogP contribution < -0.4 is 5.32 Å². The van der Waals surface area contributed by atoms with E-state index < -0.39 is 0 Å². The predicted octanol–water partition coefficient (Wildman–Crippen LogP) is 2.90. The van der Waals surface area contributed by atoms with Crippen LogP contribution in [0.2, 0.25) is 0 Å².